The Kier molecular flexibility index (Phi) is 4.09. The van der Waals surface area contributed by atoms with Crippen molar-refractivity contribution in [3.05, 3.63) is 102 Å². The van der Waals surface area contributed by atoms with Crippen LogP contribution in [-0.4, -0.2) is 19.3 Å². The van der Waals surface area contributed by atoms with Gasteiger partial charge in [0.2, 0.25) is 0 Å². The zero-order valence-electron chi connectivity index (χ0n) is 15.7. The van der Waals surface area contributed by atoms with Crippen LogP contribution in [0.1, 0.15) is 17.5 Å². The lowest BCUT2D eigenvalue weighted by Crippen LogP contribution is -2.33. The quantitative estimate of drug-likeness (QED) is 0.529. The topological polar surface area (TPSA) is 54.4 Å². The lowest BCUT2D eigenvalue weighted by Gasteiger charge is -2.36. The number of hydrogen-bond donors (Lipinski definition) is 1. The number of fused-ring (bicyclic) bond motifs is 2. The van der Waals surface area contributed by atoms with Crippen LogP contribution < -0.4 is 0 Å². The van der Waals surface area contributed by atoms with E-state index in [1.807, 2.05) is 54.6 Å². The molecular weight excluding hydrogens is 380 g/mol. The monoisotopic (exact) mass is 400 g/mol. The summed E-state index contributed by atoms with van der Waals surface area (Å²) in [6, 6.07) is 28.1. The second-order valence-corrected chi connectivity index (χ2v) is 9.61. The largest absolute Gasteiger partial charge is 0.380 e. The van der Waals surface area contributed by atoms with Crippen LogP contribution in [0.5, 0.6) is 0 Å². The molecule has 29 heavy (non-hydrogen) atoms. The summed E-state index contributed by atoms with van der Waals surface area (Å²) in [6.07, 6.45) is 0.0920. The average molecular weight is 400 g/mol. The normalized spacial score (nSPS) is 17.8. The summed E-state index contributed by atoms with van der Waals surface area (Å²) in [7, 11) is -3.51. The van der Waals surface area contributed by atoms with E-state index in [0.29, 0.717) is 0 Å². The van der Waals surface area contributed by atoms with Gasteiger partial charge in [-0.3, -0.25) is 0 Å². The molecule has 0 bridgehead atoms. The maximum absolute atomic E-state index is 12.9. The Morgan fingerprint density at radius 1 is 0.690 bits per heavy atom. The van der Waals surface area contributed by atoms with Crippen molar-refractivity contribution in [1.82, 2.24) is 0 Å². The molecule has 0 radical (unpaired) electrons. The zero-order valence-corrected chi connectivity index (χ0v) is 16.6. The minimum absolute atomic E-state index is 0.0920. The van der Waals surface area contributed by atoms with Gasteiger partial charge >= 0.3 is 0 Å². The fourth-order valence-electron chi connectivity index (χ4n) is 4.43. The molecule has 0 saturated carbocycles. The number of sulfone groups is 1. The van der Waals surface area contributed by atoms with Gasteiger partial charge in [0.15, 0.2) is 9.84 Å². The number of rotatable bonds is 4. The predicted molar refractivity (Wildman–Crippen MR) is 115 cm³/mol. The van der Waals surface area contributed by atoms with Crippen LogP contribution in [0.2, 0.25) is 0 Å². The molecule has 0 saturated heterocycles. The highest BCUT2D eigenvalue weighted by Gasteiger charge is 2.40. The third-order valence-electron chi connectivity index (χ3n) is 5.85. The summed E-state index contributed by atoms with van der Waals surface area (Å²) >= 11 is 0. The number of hydrogen-bond acceptors (Lipinski definition) is 3. The van der Waals surface area contributed by atoms with Gasteiger partial charge in [-0.25, -0.2) is 8.42 Å². The third kappa shape index (κ3) is 2.79. The Morgan fingerprint density at radius 2 is 1.31 bits per heavy atom. The van der Waals surface area contributed by atoms with Crippen LogP contribution >= 0.6 is 0 Å². The first-order valence-corrected chi connectivity index (χ1v) is 11.3. The molecule has 0 fully saturated rings. The number of benzene rings is 4. The van der Waals surface area contributed by atoms with E-state index in [9.17, 15) is 13.5 Å². The lowest BCUT2D eigenvalue weighted by atomic mass is 9.73. The van der Waals surface area contributed by atoms with Crippen molar-refractivity contribution < 1.29 is 13.5 Å². The Morgan fingerprint density at radius 3 is 2.10 bits per heavy atom. The maximum atomic E-state index is 12.9. The van der Waals surface area contributed by atoms with E-state index in [1.54, 1.807) is 30.3 Å². The van der Waals surface area contributed by atoms with E-state index in [1.165, 1.54) is 0 Å². The van der Waals surface area contributed by atoms with E-state index in [2.05, 4.69) is 6.07 Å². The third-order valence-corrected chi connectivity index (χ3v) is 7.58. The minimum Gasteiger partial charge on any atom is -0.380 e. The molecule has 144 valence electrons. The van der Waals surface area contributed by atoms with Crippen molar-refractivity contribution in [1.29, 1.82) is 0 Å². The van der Waals surface area contributed by atoms with Gasteiger partial charge in [0, 0.05) is 0 Å². The molecule has 1 aliphatic carbocycles. The fraction of sp³-hybridized carbons (Fsp3) is 0.120. The van der Waals surface area contributed by atoms with Gasteiger partial charge in [-0.15, -0.1) is 0 Å². The molecule has 1 unspecified atom stereocenters. The molecule has 0 amide bonds. The Hall–Kier alpha value is -2.95. The maximum Gasteiger partial charge on any atom is 0.178 e. The summed E-state index contributed by atoms with van der Waals surface area (Å²) in [5.74, 6) is -0.138. The molecule has 4 aromatic carbocycles. The van der Waals surface area contributed by atoms with E-state index >= 15 is 0 Å². The van der Waals surface area contributed by atoms with E-state index < -0.39 is 15.4 Å². The van der Waals surface area contributed by atoms with Gasteiger partial charge in [-0.2, -0.15) is 0 Å². The van der Waals surface area contributed by atoms with Crippen LogP contribution in [0.4, 0.5) is 0 Å². The van der Waals surface area contributed by atoms with Gasteiger partial charge in [0.25, 0.3) is 0 Å². The van der Waals surface area contributed by atoms with Gasteiger partial charge in [0.05, 0.1) is 10.6 Å². The summed E-state index contributed by atoms with van der Waals surface area (Å²) in [5.41, 5.74) is 2.19. The first-order chi connectivity index (χ1) is 14.0. The van der Waals surface area contributed by atoms with Gasteiger partial charge < -0.3 is 5.11 Å². The SMILES string of the molecule is O=S(=O)(CCC1(O)c2ccccc2-c2cccc3cccc1c23)c1ccccc1. The first-order valence-electron chi connectivity index (χ1n) is 9.63. The molecule has 1 N–H and O–H groups in total. The molecule has 0 spiro atoms. The average Bonchev–Trinajstić information content (AvgIpc) is 2.77. The lowest BCUT2D eigenvalue weighted by molar-refractivity contribution is 0.0787. The van der Waals surface area contributed by atoms with Gasteiger partial charge in [-0.1, -0.05) is 78.9 Å². The number of aliphatic hydroxyl groups is 1. The molecule has 0 heterocycles. The first kappa shape index (κ1) is 18.1. The van der Waals surface area contributed by atoms with Crippen molar-refractivity contribution in [2.24, 2.45) is 0 Å². The van der Waals surface area contributed by atoms with E-state index in [-0.39, 0.29) is 17.1 Å². The highest BCUT2D eigenvalue weighted by atomic mass is 32.2. The van der Waals surface area contributed by atoms with Crippen LogP contribution in [0.15, 0.2) is 95.9 Å². The van der Waals surface area contributed by atoms with Crippen molar-refractivity contribution >= 4 is 20.6 Å². The highest BCUT2D eigenvalue weighted by Crippen LogP contribution is 2.49. The van der Waals surface area contributed by atoms with Gasteiger partial charge in [-0.05, 0) is 51.6 Å². The molecule has 4 heteroatoms. The Labute approximate surface area is 170 Å². The second kappa shape index (κ2) is 6.55. The summed E-state index contributed by atoms with van der Waals surface area (Å²) < 4.78 is 25.8. The van der Waals surface area contributed by atoms with Crippen molar-refractivity contribution in [2.75, 3.05) is 5.75 Å². The standard InChI is InChI=1S/C25H20O3S/c26-25(16-17-29(27,28)19-10-2-1-3-11-19)22-14-5-4-12-20(22)21-13-6-8-18-9-7-15-23(25)24(18)21/h1-15,26H,16-17H2. The van der Waals surface area contributed by atoms with Crippen LogP contribution in [0.3, 0.4) is 0 Å². The Bertz CT molecular complexity index is 1320. The van der Waals surface area contributed by atoms with Crippen molar-refractivity contribution in [2.45, 2.75) is 16.9 Å². The molecule has 1 aliphatic rings. The zero-order chi connectivity index (χ0) is 20.1. The minimum atomic E-state index is -3.51. The summed E-state index contributed by atoms with van der Waals surface area (Å²) in [5, 5.41) is 14.0. The summed E-state index contributed by atoms with van der Waals surface area (Å²) in [4.78, 5) is 0.284. The molecule has 4 aromatic rings. The molecule has 0 aromatic heterocycles. The predicted octanol–water partition coefficient (Wildman–Crippen LogP) is 4.92. The molecule has 5 rings (SSSR count). The van der Waals surface area contributed by atoms with Gasteiger partial charge in [0.1, 0.15) is 5.60 Å². The van der Waals surface area contributed by atoms with E-state index in [0.717, 1.165) is 33.0 Å². The summed E-state index contributed by atoms with van der Waals surface area (Å²) in [6.45, 7) is 0. The van der Waals surface area contributed by atoms with Crippen LogP contribution in [-0.2, 0) is 15.4 Å². The molecule has 0 aliphatic heterocycles. The smallest absolute Gasteiger partial charge is 0.178 e. The van der Waals surface area contributed by atoms with Crippen molar-refractivity contribution in [3.8, 4) is 11.1 Å². The second-order valence-electron chi connectivity index (χ2n) is 7.50. The molecular formula is C25H20O3S. The fourth-order valence-corrected chi connectivity index (χ4v) is 5.80. The molecule has 1 atom stereocenters. The van der Waals surface area contributed by atoms with Crippen molar-refractivity contribution in [3.63, 3.8) is 0 Å². The van der Waals surface area contributed by atoms with Crippen LogP contribution in [0.25, 0.3) is 21.9 Å². The Balaban J connectivity index is 1.67. The van der Waals surface area contributed by atoms with Crippen LogP contribution in [0, 0.1) is 0 Å². The highest BCUT2D eigenvalue weighted by molar-refractivity contribution is 7.91. The van der Waals surface area contributed by atoms with E-state index in [4.69, 9.17) is 0 Å². The molecule has 3 nitrogen and oxygen atoms in total.